The second-order valence-corrected chi connectivity index (χ2v) is 6.07. The fourth-order valence-corrected chi connectivity index (χ4v) is 3.48. The van der Waals surface area contributed by atoms with E-state index < -0.39 is 5.97 Å². The summed E-state index contributed by atoms with van der Waals surface area (Å²) in [6, 6.07) is 9.63. The summed E-state index contributed by atoms with van der Waals surface area (Å²) in [7, 11) is 1.60. The first-order chi connectivity index (χ1) is 11.1. The Labute approximate surface area is 134 Å². The zero-order chi connectivity index (χ0) is 16.4. The van der Waals surface area contributed by atoms with E-state index in [1.54, 1.807) is 7.11 Å². The van der Waals surface area contributed by atoms with Gasteiger partial charge in [0.2, 0.25) is 0 Å². The number of carboxylic acids is 1. The standard InChI is InChI=1S/C18H20O5/c1-22-13-7-12(8-17(20)21)18-14(19)10-15(23-16(18)9-13)11-5-3-2-4-6-11/h2-6,12-13,15H,7-10H2,1H3,(H,20,21)/t12-,13+,15+/m1/s1. The van der Waals surface area contributed by atoms with Crippen LogP contribution in [-0.4, -0.2) is 30.1 Å². The van der Waals surface area contributed by atoms with E-state index in [1.807, 2.05) is 30.3 Å². The minimum Gasteiger partial charge on any atom is -0.489 e. The number of carbonyl (C=O) groups excluding carboxylic acids is 1. The Morgan fingerprint density at radius 1 is 1.30 bits per heavy atom. The molecule has 3 atom stereocenters. The predicted molar refractivity (Wildman–Crippen MR) is 82.7 cm³/mol. The Morgan fingerprint density at radius 2 is 2.04 bits per heavy atom. The molecule has 1 aromatic carbocycles. The number of carbonyl (C=O) groups is 2. The molecule has 0 saturated carbocycles. The minimum absolute atomic E-state index is 0.000839. The average molecular weight is 316 g/mol. The highest BCUT2D eigenvalue weighted by Crippen LogP contribution is 2.42. The van der Waals surface area contributed by atoms with Gasteiger partial charge < -0.3 is 14.6 Å². The summed E-state index contributed by atoms with van der Waals surface area (Å²) >= 11 is 0. The van der Waals surface area contributed by atoms with Crippen LogP contribution in [0.2, 0.25) is 0 Å². The van der Waals surface area contributed by atoms with Crippen LogP contribution in [-0.2, 0) is 19.1 Å². The van der Waals surface area contributed by atoms with E-state index in [1.165, 1.54) is 0 Å². The minimum atomic E-state index is -0.906. The van der Waals surface area contributed by atoms with Crippen molar-refractivity contribution in [1.29, 1.82) is 0 Å². The molecule has 0 saturated heterocycles. The molecule has 1 N–H and O–H groups in total. The predicted octanol–water partition coefficient (Wildman–Crippen LogP) is 2.87. The number of ether oxygens (including phenoxy) is 2. The first kappa shape index (κ1) is 15.7. The molecule has 0 bridgehead atoms. The molecule has 2 aliphatic rings. The maximum absolute atomic E-state index is 12.6. The van der Waals surface area contributed by atoms with E-state index in [0.717, 1.165) is 5.56 Å². The van der Waals surface area contributed by atoms with Gasteiger partial charge in [0.15, 0.2) is 5.78 Å². The van der Waals surface area contributed by atoms with Gasteiger partial charge in [0.25, 0.3) is 0 Å². The van der Waals surface area contributed by atoms with Crippen molar-refractivity contribution in [1.82, 2.24) is 0 Å². The zero-order valence-corrected chi connectivity index (χ0v) is 13.0. The number of aliphatic carboxylic acids is 1. The van der Waals surface area contributed by atoms with Gasteiger partial charge >= 0.3 is 5.97 Å². The second kappa shape index (κ2) is 6.54. The Kier molecular flexibility index (Phi) is 4.48. The van der Waals surface area contributed by atoms with Crippen molar-refractivity contribution in [2.24, 2.45) is 5.92 Å². The molecule has 122 valence electrons. The van der Waals surface area contributed by atoms with Crippen molar-refractivity contribution in [3.63, 3.8) is 0 Å². The van der Waals surface area contributed by atoms with Gasteiger partial charge in [-0.05, 0) is 12.0 Å². The molecule has 0 spiro atoms. The van der Waals surface area contributed by atoms with Crippen LogP contribution in [0.1, 0.15) is 37.4 Å². The third kappa shape index (κ3) is 3.29. The lowest BCUT2D eigenvalue weighted by Crippen LogP contribution is -2.34. The first-order valence-electron chi connectivity index (χ1n) is 7.81. The van der Waals surface area contributed by atoms with Crippen LogP contribution in [0.3, 0.4) is 0 Å². The molecule has 1 aromatic rings. The van der Waals surface area contributed by atoms with E-state index in [2.05, 4.69) is 0 Å². The fraction of sp³-hybridized carbons (Fsp3) is 0.444. The molecule has 1 heterocycles. The van der Waals surface area contributed by atoms with Gasteiger partial charge in [-0.1, -0.05) is 30.3 Å². The SMILES string of the molecule is CO[C@@H]1CC2=C(C(=O)C[C@@H](c3ccccc3)O2)[C@@H](CC(=O)O)C1. The van der Waals surface area contributed by atoms with E-state index in [0.29, 0.717) is 24.2 Å². The van der Waals surface area contributed by atoms with Gasteiger partial charge in [-0.25, -0.2) is 0 Å². The molecule has 3 rings (SSSR count). The molecule has 0 radical (unpaired) electrons. The number of ketones is 1. The van der Waals surface area contributed by atoms with Gasteiger partial charge in [0, 0.05) is 25.0 Å². The lowest BCUT2D eigenvalue weighted by atomic mass is 9.78. The number of carboxylic acid groups (broad SMARTS) is 1. The quantitative estimate of drug-likeness (QED) is 0.924. The highest BCUT2D eigenvalue weighted by atomic mass is 16.5. The third-order valence-corrected chi connectivity index (χ3v) is 4.55. The summed E-state index contributed by atoms with van der Waals surface area (Å²) < 4.78 is 11.5. The van der Waals surface area contributed by atoms with E-state index in [-0.39, 0.29) is 36.8 Å². The summed E-state index contributed by atoms with van der Waals surface area (Å²) in [6.45, 7) is 0. The van der Waals surface area contributed by atoms with E-state index in [9.17, 15) is 9.59 Å². The normalized spacial score (nSPS) is 27.3. The van der Waals surface area contributed by atoms with Crippen LogP contribution in [0.5, 0.6) is 0 Å². The van der Waals surface area contributed by atoms with Crippen molar-refractivity contribution in [3.05, 3.63) is 47.2 Å². The summed E-state index contributed by atoms with van der Waals surface area (Å²) in [4.78, 5) is 23.7. The Balaban J connectivity index is 1.90. The van der Waals surface area contributed by atoms with Crippen LogP contribution < -0.4 is 0 Å². The average Bonchev–Trinajstić information content (AvgIpc) is 2.54. The van der Waals surface area contributed by atoms with Gasteiger partial charge in [-0.2, -0.15) is 0 Å². The number of methoxy groups -OCH3 is 1. The van der Waals surface area contributed by atoms with E-state index >= 15 is 0 Å². The Bertz CT molecular complexity index is 634. The van der Waals surface area contributed by atoms with Crippen LogP contribution in [0.4, 0.5) is 0 Å². The van der Waals surface area contributed by atoms with Crippen molar-refractivity contribution in [2.45, 2.75) is 37.9 Å². The summed E-state index contributed by atoms with van der Waals surface area (Å²) in [6.07, 6.45) is 0.855. The molecule has 1 aliphatic carbocycles. The maximum Gasteiger partial charge on any atom is 0.303 e. The molecular weight excluding hydrogens is 296 g/mol. The smallest absolute Gasteiger partial charge is 0.303 e. The molecule has 5 heteroatoms. The van der Waals surface area contributed by atoms with Crippen LogP contribution >= 0.6 is 0 Å². The fourth-order valence-electron chi connectivity index (χ4n) is 3.48. The molecule has 0 aromatic heterocycles. The molecule has 0 amide bonds. The zero-order valence-electron chi connectivity index (χ0n) is 13.0. The summed E-state index contributed by atoms with van der Waals surface area (Å²) in [5.41, 5.74) is 1.52. The number of Topliss-reactive ketones (excluding diaryl/α,β-unsaturated/α-hetero) is 1. The number of allylic oxidation sites excluding steroid dienone is 1. The molecule has 0 fully saturated rings. The van der Waals surface area contributed by atoms with Gasteiger partial charge in [0.05, 0.1) is 18.9 Å². The molecular formula is C18H20O5. The molecule has 1 aliphatic heterocycles. The number of rotatable bonds is 4. The van der Waals surface area contributed by atoms with Crippen LogP contribution in [0, 0.1) is 5.92 Å². The van der Waals surface area contributed by atoms with Gasteiger partial charge in [0.1, 0.15) is 11.9 Å². The van der Waals surface area contributed by atoms with Gasteiger partial charge in [-0.15, -0.1) is 0 Å². The Morgan fingerprint density at radius 3 is 2.70 bits per heavy atom. The van der Waals surface area contributed by atoms with Crippen molar-refractivity contribution in [2.75, 3.05) is 7.11 Å². The number of hydrogen-bond donors (Lipinski definition) is 1. The largest absolute Gasteiger partial charge is 0.489 e. The first-order valence-corrected chi connectivity index (χ1v) is 7.81. The maximum atomic E-state index is 12.6. The van der Waals surface area contributed by atoms with Gasteiger partial charge in [-0.3, -0.25) is 9.59 Å². The highest BCUT2D eigenvalue weighted by Gasteiger charge is 2.40. The monoisotopic (exact) mass is 316 g/mol. The number of hydrogen-bond acceptors (Lipinski definition) is 4. The highest BCUT2D eigenvalue weighted by molar-refractivity contribution is 5.98. The van der Waals surface area contributed by atoms with E-state index in [4.69, 9.17) is 14.6 Å². The summed E-state index contributed by atoms with van der Waals surface area (Å²) in [5, 5.41) is 9.12. The van der Waals surface area contributed by atoms with Crippen molar-refractivity contribution < 1.29 is 24.2 Å². The lowest BCUT2D eigenvalue weighted by Gasteiger charge is -2.37. The second-order valence-electron chi connectivity index (χ2n) is 6.07. The third-order valence-electron chi connectivity index (χ3n) is 4.55. The Hall–Kier alpha value is -2.14. The van der Waals surface area contributed by atoms with Crippen molar-refractivity contribution in [3.8, 4) is 0 Å². The lowest BCUT2D eigenvalue weighted by molar-refractivity contribution is -0.138. The molecule has 0 unspecified atom stereocenters. The van der Waals surface area contributed by atoms with Crippen molar-refractivity contribution >= 4 is 11.8 Å². The van der Waals surface area contributed by atoms with Crippen LogP contribution in [0.15, 0.2) is 41.7 Å². The molecule has 23 heavy (non-hydrogen) atoms. The topological polar surface area (TPSA) is 72.8 Å². The molecule has 5 nitrogen and oxygen atoms in total. The number of benzene rings is 1. The summed E-state index contributed by atoms with van der Waals surface area (Å²) in [5.74, 6) is -0.623. The van der Waals surface area contributed by atoms with Crippen LogP contribution in [0.25, 0.3) is 0 Å².